The Kier molecular flexibility index (Phi) is 10.4. The summed E-state index contributed by atoms with van der Waals surface area (Å²) in [5.41, 5.74) is 1.33. The van der Waals surface area contributed by atoms with Gasteiger partial charge in [-0.3, -0.25) is 0 Å². The van der Waals surface area contributed by atoms with Crippen molar-refractivity contribution >= 4 is 12.2 Å². The Morgan fingerprint density at radius 2 is 1.41 bits per heavy atom. The lowest BCUT2D eigenvalue weighted by molar-refractivity contribution is 0.0527. The molecule has 0 heterocycles. The van der Waals surface area contributed by atoms with Crippen LogP contribution in [0.2, 0.25) is 0 Å². The highest BCUT2D eigenvalue weighted by Crippen LogP contribution is 2.25. The Morgan fingerprint density at radius 3 is 2.05 bits per heavy atom. The number of alkyl carbamates (subject to hydrolysis) is 2. The largest absolute Gasteiger partial charge is 0.457 e. The molecule has 196 valence electrons. The lowest BCUT2D eigenvalue weighted by Crippen LogP contribution is -2.33. The second-order valence-corrected chi connectivity index (χ2v) is 9.67. The maximum atomic E-state index is 12.6. The van der Waals surface area contributed by atoms with Crippen molar-refractivity contribution in [2.75, 3.05) is 6.54 Å². The highest BCUT2D eigenvalue weighted by molar-refractivity contribution is 5.68. The van der Waals surface area contributed by atoms with E-state index >= 15 is 0 Å². The van der Waals surface area contributed by atoms with E-state index in [9.17, 15) is 9.59 Å². The summed E-state index contributed by atoms with van der Waals surface area (Å²) in [6.45, 7) is 6.18. The van der Waals surface area contributed by atoms with E-state index in [1.807, 2.05) is 106 Å². The molecule has 0 aliphatic carbocycles. The van der Waals surface area contributed by atoms with Gasteiger partial charge in [0.2, 0.25) is 0 Å². The van der Waals surface area contributed by atoms with Gasteiger partial charge in [-0.05, 0) is 75.4 Å². The minimum atomic E-state index is -0.532. The highest BCUT2D eigenvalue weighted by atomic mass is 16.6. The molecule has 2 amide bonds. The zero-order valence-electron chi connectivity index (χ0n) is 21.7. The Hall–Kier alpha value is -4.00. The van der Waals surface area contributed by atoms with Crippen LogP contribution in [0, 0.1) is 0 Å². The van der Waals surface area contributed by atoms with E-state index in [1.54, 1.807) is 0 Å². The van der Waals surface area contributed by atoms with E-state index in [0.717, 1.165) is 29.7 Å². The van der Waals surface area contributed by atoms with E-state index in [4.69, 9.17) is 14.2 Å². The molecule has 0 saturated heterocycles. The SMILES string of the molecule is CC(C)(C)OC(=O)NCCCC[C@H](NC(=O)OCc1ccccc1)c1ccc(Oc2ccccc2)cc1. The van der Waals surface area contributed by atoms with Crippen LogP contribution in [0.5, 0.6) is 11.5 Å². The predicted octanol–water partition coefficient (Wildman–Crippen LogP) is 7.14. The van der Waals surface area contributed by atoms with Gasteiger partial charge < -0.3 is 24.8 Å². The molecule has 0 fully saturated rings. The summed E-state index contributed by atoms with van der Waals surface area (Å²) in [4.78, 5) is 24.4. The average molecular weight is 505 g/mol. The van der Waals surface area contributed by atoms with Gasteiger partial charge in [-0.25, -0.2) is 9.59 Å². The molecule has 0 aliphatic heterocycles. The van der Waals surface area contributed by atoms with Gasteiger partial charge in [-0.1, -0.05) is 60.7 Å². The van der Waals surface area contributed by atoms with Crippen molar-refractivity contribution in [3.63, 3.8) is 0 Å². The van der Waals surface area contributed by atoms with Crippen molar-refractivity contribution in [2.45, 2.75) is 58.3 Å². The quantitative estimate of drug-likeness (QED) is 0.271. The first kappa shape index (κ1) is 27.6. The molecule has 7 nitrogen and oxygen atoms in total. The van der Waals surface area contributed by atoms with Gasteiger partial charge in [0.25, 0.3) is 0 Å². The van der Waals surface area contributed by atoms with Crippen LogP contribution in [0.15, 0.2) is 84.9 Å². The highest BCUT2D eigenvalue weighted by Gasteiger charge is 2.17. The minimum absolute atomic E-state index is 0.197. The Bertz CT molecular complexity index is 1100. The van der Waals surface area contributed by atoms with Crippen LogP contribution in [0.3, 0.4) is 0 Å². The maximum Gasteiger partial charge on any atom is 0.407 e. The normalized spacial score (nSPS) is 11.8. The van der Waals surface area contributed by atoms with Gasteiger partial charge >= 0.3 is 12.2 Å². The smallest absolute Gasteiger partial charge is 0.407 e. The molecule has 0 saturated carbocycles. The summed E-state index contributed by atoms with van der Waals surface area (Å²) < 4.78 is 16.6. The molecule has 0 spiro atoms. The fourth-order valence-electron chi connectivity index (χ4n) is 3.60. The lowest BCUT2D eigenvalue weighted by Gasteiger charge is -2.21. The van der Waals surface area contributed by atoms with Gasteiger partial charge in [0.05, 0.1) is 6.04 Å². The lowest BCUT2D eigenvalue weighted by atomic mass is 10.0. The molecule has 0 bridgehead atoms. The number of ether oxygens (including phenoxy) is 3. The molecule has 3 aromatic rings. The maximum absolute atomic E-state index is 12.6. The predicted molar refractivity (Wildman–Crippen MR) is 144 cm³/mol. The summed E-state index contributed by atoms with van der Waals surface area (Å²) in [5, 5.41) is 5.76. The average Bonchev–Trinajstić information content (AvgIpc) is 2.87. The fourth-order valence-corrected chi connectivity index (χ4v) is 3.60. The number of para-hydroxylation sites is 1. The summed E-state index contributed by atoms with van der Waals surface area (Å²) in [6, 6.07) is 26.5. The fraction of sp³-hybridized carbons (Fsp3) is 0.333. The van der Waals surface area contributed by atoms with E-state index in [1.165, 1.54) is 0 Å². The van der Waals surface area contributed by atoms with Crippen molar-refractivity contribution in [1.82, 2.24) is 10.6 Å². The number of carbonyl (C=O) groups excluding carboxylic acids is 2. The van der Waals surface area contributed by atoms with Gasteiger partial charge in [0.1, 0.15) is 23.7 Å². The van der Waals surface area contributed by atoms with Crippen LogP contribution in [0.25, 0.3) is 0 Å². The van der Waals surface area contributed by atoms with E-state index in [2.05, 4.69) is 10.6 Å². The number of hydrogen-bond acceptors (Lipinski definition) is 5. The number of hydrogen-bond donors (Lipinski definition) is 2. The van der Waals surface area contributed by atoms with E-state index in [-0.39, 0.29) is 12.6 Å². The van der Waals surface area contributed by atoms with Crippen molar-refractivity contribution in [2.24, 2.45) is 0 Å². The third-order valence-electron chi connectivity index (χ3n) is 5.35. The Morgan fingerprint density at radius 1 is 0.784 bits per heavy atom. The van der Waals surface area contributed by atoms with Crippen molar-refractivity contribution in [1.29, 1.82) is 0 Å². The van der Waals surface area contributed by atoms with E-state index < -0.39 is 17.8 Å². The van der Waals surface area contributed by atoms with Crippen molar-refractivity contribution in [3.05, 3.63) is 96.1 Å². The summed E-state index contributed by atoms with van der Waals surface area (Å²) in [6.07, 6.45) is 1.29. The number of amides is 2. The zero-order valence-corrected chi connectivity index (χ0v) is 21.7. The molecule has 7 heteroatoms. The second-order valence-electron chi connectivity index (χ2n) is 9.67. The van der Waals surface area contributed by atoms with Gasteiger partial charge in [0.15, 0.2) is 0 Å². The summed E-state index contributed by atoms with van der Waals surface area (Å²) >= 11 is 0. The van der Waals surface area contributed by atoms with Crippen molar-refractivity contribution in [3.8, 4) is 11.5 Å². The summed E-state index contributed by atoms with van der Waals surface area (Å²) in [5.74, 6) is 1.47. The van der Waals surface area contributed by atoms with Crippen LogP contribution in [-0.4, -0.2) is 24.3 Å². The Balaban J connectivity index is 1.56. The van der Waals surface area contributed by atoms with Gasteiger partial charge in [-0.2, -0.15) is 0 Å². The molecular formula is C30H36N2O5. The molecule has 2 N–H and O–H groups in total. The van der Waals surface area contributed by atoms with Crippen LogP contribution < -0.4 is 15.4 Å². The molecule has 1 atom stereocenters. The Labute approximate surface area is 219 Å². The van der Waals surface area contributed by atoms with Gasteiger partial charge in [-0.15, -0.1) is 0 Å². The second kappa shape index (κ2) is 13.9. The third kappa shape index (κ3) is 10.7. The van der Waals surface area contributed by atoms with Crippen LogP contribution in [0.4, 0.5) is 9.59 Å². The standard InChI is InChI=1S/C30H36N2O5/c1-30(2,3)37-28(33)31-21-11-10-16-27(32-29(34)35-22-23-12-6-4-7-13-23)24-17-19-26(20-18-24)36-25-14-8-5-9-15-25/h4-9,12-15,17-20,27H,10-11,16,21-22H2,1-3H3,(H,31,33)(H,32,34)/t27-/m0/s1. The first-order valence-corrected chi connectivity index (χ1v) is 12.6. The van der Waals surface area contributed by atoms with Crippen LogP contribution >= 0.6 is 0 Å². The van der Waals surface area contributed by atoms with Crippen LogP contribution in [0.1, 0.15) is 57.2 Å². The molecule has 37 heavy (non-hydrogen) atoms. The summed E-state index contributed by atoms with van der Waals surface area (Å²) in [7, 11) is 0. The van der Waals surface area contributed by atoms with Gasteiger partial charge in [0, 0.05) is 6.54 Å². The number of nitrogens with one attached hydrogen (secondary N) is 2. The number of unbranched alkanes of at least 4 members (excludes halogenated alkanes) is 1. The molecule has 0 aromatic heterocycles. The van der Waals surface area contributed by atoms with Crippen molar-refractivity contribution < 1.29 is 23.8 Å². The van der Waals surface area contributed by atoms with E-state index in [0.29, 0.717) is 18.7 Å². The number of carbonyl (C=O) groups is 2. The zero-order chi connectivity index (χ0) is 26.5. The topological polar surface area (TPSA) is 85.9 Å². The third-order valence-corrected chi connectivity index (χ3v) is 5.35. The van der Waals surface area contributed by atoms with Crippen LogP contribution in [-0.2, 0) is 16.1 Å². The monoisotopic (exact) mass is 504 g/mol. The molecule has 3 aromatic carbocycles. The molecule has 0 unspecified atom stereocenters. The molecular weight excluding hydrogens is 468 g/mol. The first-order chi connectivity index (χ1) is 17.8. The number of benzene rings is 3. The molecule has 0 aliphatic rings. The first-order valence-electron chi connectivity index (χ1n) is 12.6. The number of rotatable bonds is 11. The minimum Gasteiger partial charge on any atom is -0.457 e. The molecule has 3 rings (SSSR count). The molecule has 0 radical (unpaired) electrons.